The highest BCUT2D eigenvalue weighted by Gasteiger charge is 2.36. The van der Waals surface area contributed by atoms with Crippen LogP contribution in [0.3, 0.4) is 0 Å². The molecule has 0 spiro atoms. The molecule has 0 bridgehead atoms. The van der Waals surface area contributed by atoms with E-state index < -0.39 is 5.60 Å². The van der Waals surface area contributed by atoms with Crippen LogP contribution >= 0.6 is 0 Å². The summed E-state index contributed by atoms with van der Waals surface area (Å²) in [6, 6.07) is 7.64. The number of rotatable bonds is 7. The number of nitrogens with zero attached hydrogens (tertiary/aromatic N) is 6. The number of benzene rings is 2. The number of anilines is 1. The van der Waals surface area contributed by atoms with Crippen LogP contribution in [0.1, 0.15) is 57.6 Å². The normalized spacial score (nSPS) is 17.2. The van der Waals surface area contributed by atoms with Crippen LogP contribution in [0.4, 0.5) is 10.5 Å². The lowest BCUT2D eigenvalue weighted by atomic mass is 10.0. The fourth-order valence-electron chi connectivity index (χ4n) is 5.96. The number of carbonyl (C=O) groups excluding carboxylic acids is 2. The van der Waals surface area contributed by atoms with Gasteiger partial charge in [-0.3, -0.25) is 14.4 Å². The smallest absolute Gasteiger partial charge is 0.410 e. The molecule has 2 atom stereocenters. The molecule has 1 saturated heterocycles. The van der Waals surface area contributed by atoms with Gasteiger partial charge >= 0.3 is 6.09 Å². The number of amides is 2. The highest BCUT2D eigenvalue weighted by atomic mass is 16.7. The van der Waals surface area contributed by atoms with Gasteiger partial charge in [0, 0.05) is 62.0 Å². The molecule has 1 aliphatic rings. The van der Waals surface area contributed by atoms with E-state index in [2.05, 4.69) is 15.3 Å². The summed E-state index contributed by atoms with van der Waals surface area (Å²) in [5.41, 5.74) is 3.52. The molecule has 2 aromatic heterocycles. The fraction of sp³-hybridized carbons (Fsp3) is 0.485. The Morgan fingerprint density at radius 1 is 1.09 bits per heavy atom. The van der Waals surface area contributed by atoms with Crippen LogP contribution in [-0.2, 0) is 16.5 Å². The second kappa shape index (κ2) is 12.5. The van der Waals surface area contributed by atoms with Gasteiger partial charge in [-0.25, -0.2) is 14.8 Å². The quantitative estimate of drug-likeness (QED) is 0.284. The molecule has 0 radical (unpaired) electrons. The molecule has 12 nitrogen and oxygen atoms in total. The van der Waals surface area contributed by atoms with E-state index in [-0.39, 0.29) is 36.6 Å². The molecule has 240 valence electrons. The Bertz CT molecular complexity index is 1730. The number of aryl methyl sites for hydroxylation is 2. The number of hydrogen-bond acceptors (Lipinski definition) is 9. The molecule has 12 heteroatoms. The molecule has 2 aromatic carbocycles. The summed E-state index contributed by atoms with van der Waals surface area (Å²) in [6.07, 6.45) is 1.61. The van der Waals surface area contributed by atoms with Gasteiger partial charge in [-0.05, 0) is 72.7 Å². The van der Waals surface area contributed by atoms with Crippen molar-refractivity contribution in [1.82, 2.24) is 30.0 Å². The van der Waals surface area contributed by atoms with E-state index in [0.29, 0.717) is 47.7 Å². The number of fused-ring (bicyclic) bond motifs is 2. The van der Waals surface area contributed by atoms with Crippen molar-refractivity contribution in [2.24, 2.45) is 7.05 Å². The van der Waals surface area contributed by atoms with Crippen LogP contribution in [0.25, 0.3) is 33.2 Å². The Morgan fingerprint density at radius 2 is 1.80 bits per heavy atom. The van der Waals surface area contributed by atoms with Crippen LogP contribution in [0.2, 0.25) is 0 Å². The van der Waals surface area contributed by atoms with Crippen molar-refractivity contribution in [3.63, 3.8) is 0 Å². The van der Waals surface area contributed by atoms with E-state index in [1.807, 2.05) is 90.9 Å². The molecule has 0 unspecified atom stereocenters. The van der Waals surface area contributed by atoms with Crippen LogP contribution in [0.15, 0.2) is 30.5 Å². The lowest BCUT2D eigenvalue weighted by Crippen LogP contribution is -2.59. The molecular formula is C33H43N7O5. The van der Waals surface area contributed by atoms with Gasteiger partial charge in [0.1, 0.15) is 17.0 Å². The zero-order chi connectivity index (χ0) is 32.6. The van der Waals surface area contributed by atoms with E-state index >= 15 is 0 Å². The molecule has 45 heavy (non-hydrogen) atoms. The van der Waals surface area contributed by atoms with E-state index in [0.717, 1.165) is 22.2 Å². The fourth-order valence-corrected chi connectivity index (χ4v) is 5.96. The minimum absolute atomic E-state index is 0.0321. The Morgan fingerprint density at radius 3 is 2.44 bits per heavy atom. The Balaban J connectivity index is 1.57. The first kappa shape index (κ1) is 32.0. The Labute approximate surface area is 263 Å². The maximum Gasteiger partial charge on any atom is 0.410 e. The third-order valence-electron chi connectivity index (χ3n) is 7.78. The number of piperazine rings is 1. The van der Waals surface area contributed by atoms with Crippen LogP contribution in [0, 0.1) is 6.92 Å². The van der Waals surface area contributed by atoms with E-state index in [1.54, 1.807) is 11.8 Å². The average molecular weight is 618 g/mol. The summed E-state index contributed by atoms with van der Waals surface area (Å²) in [4.78, 5) is 40.2. The van der Waals surface area contributed by atoms with E-state index in [4.69, 9.17) is 24.2 Å². The van der Waals surface area contributed by atoms with Gasteiger partial charge in [0.15, 0.2) is 12.6 Å². The molecule has 1 N–H and O–H groups in total. The van der Waals surface area contributed by atoms with Crippen molar-refractivity contribution in [2.75, 3.05) is 38.4 Å². The summed E-state index contributed by atoms with van der Waals surface area (Å²) in [5.74, 6) is 0.620. The van der Waals surface area contributed by atoms with E-state index in [9.17, 15) is 9.59 Å². The second-order valence-electron chi connectivity index (χ2n) is 12.6. The number of nitrogens with one attached hydrogen (secondary N) is 1. The molecular weight excluding hydrogens is 574 g/mol. The molecule has 4 aromatic rings. The number of methoxy groups -OCH3 is 1. The minimum Gasteiger partial charge on any atom is -0.466 e. The van der Waals surface area contributed by atoms with Crippen LogP contribution in [-0.4, -0.2) is 87.9 Å². The highest BCUT2D eigenvalue weighted by molar-refractivity contribution is 6.06. The first-order chi connectivity index (χ1) is 21.3. The second-order valence-corrected chi connectivity index (χ2v) is 12.6. The first-order valence-electron chi connectivity index (χ1n) is 15.3. The standard InChI is InChI=1S/C33H43N7O5/c1-10-34-31(41)28-24-14-23(39-15-19(2)40(20(3)16-39)32(42)45-33(5,6)7)11-12-26(24)35-30(36-28)25-13-22-17-38(8)37-27(22)21(4)29(25)44-18-43-9/h11-14,17,19-20H,10,15-16,18H2,1-9H3,(H,34,41)/t19-,20+. The number of hydrogen-bond donors (Lipinski definition) is 1. The first-order valence-corrected chi connectivity index (χ1v) is 15.3. The third-order valence-corrected chi connectivity index (χ3v) is 7.78. The third kappa shape index (κ3) is 6.51. The van der Waals surface area contributed by atoms with Gasteiger partial charge in [0.25, 0.3) is 5.91 Å². The van der Waals surface area contributed by atoms with Crippen molar-refractivity contribution in [1.29, 1.82) is 0 Å². The molecule has 1 fully saturated rings. The number of aromatic nitrogens is 4. The van der Waals surface area contributed by atoms with Gasteiger partial charge in [-0.2, -0.15) is 5.10 Å². The topological polar surface area (TPSA) is 124 Å². The number of carbonyl (C=O) groups is 2. The van der Waals surface area contributed by atoms with Crippen molar-refractivity contribution in [3.8, 4) is 17.1 Å². The monoisotopic (exact) mass is 617 g/mol. The lowest BCUT2D eigenvalue weighted by molar-refractivity contribution is 0.00564. The van der Waals surface area contributed by atoms with Gasteiger partial charge < -0.3 is 24.4 Å². The molecule has 0 saturated carbocycles. The van der Waals surface area contributed by atoms with Gasteiger partial charge in [-0.1, -0.05) is 0 Å². The maximum absolute atomic E-state index is 13.5. The average Bonchev–Trinajstić information content (AvgIpc) is 3.35. The highest BCUT2D eigenvalue weighted by Crippen LogP contribution is 2.38. The number of ether oxygens (including phenoxy) is 3. The molecule has 0 aliphatic carbocycles. The zero-order valence-corrected chi connectivity index (χ0v) is 27.6. The van der Waals surface area contributed by atoms with Gasteiger partial charge in [0.2, 0.25) is 0 Å². The summed E-state index contributed by atoms with van der Waals surface area (Å²) < 4.78 is 18.7. The van der Waals surface area contributed by atoms with Crippen molar-refractivity contribution in [3.05, 3.63) is 41.7 Å². The van der Waals surface area contributed by atoms with E-state index in [1.165, 1.54) is 0 Å². The molecule has 2 amide bonds. The predicted octanol–water partition coefficient (Wildman–Crippen LogP) is 5.06. The molecule has 1 aliphatic heterocycles. The summed E-state index contributed by atoms with van der Waals surface area (Å²) in [5, 5.41) is 9.04. The van der Waals surface area contributed by atoms with Crippen molar-refractivity contribution < 1.29 is 23.8 Å². The molecule has 3 heterocycles. The lowest BCUT2D eigenvalue weighted by Gasteiger charge is -2.45. The van der Waals surface area contributed by atoms with Gasteiger partial charge in [-0.15, -0.1) is 0 Å². The summed E-state index contributed by atoms with van der Waals surface area (Å²) in [7, 11) is 3.43. The predicted molar refractivity (Wildman–Crippen MR) is 174 cm³/mol. The van der Waals surface area contributed by atoms with Crippen molar-refractivity contribution >= 4 is 39.5 Å². The van der Waals surface area contributed by atoms with Crippen molar-refractivity contribution in [2.45, 2.75) is 66.2 Å². The Kier molecular flexibility index (Phi) is 8.88. The minimum atomic E-state index is -0.570. The summed E-state index contributed by atoms with van der Waals surface area (Å²) >= 11 is 0. The maximum atomic E-state index is 13.5. The molecule has 5 rings (SSSR count). The summed E-state index contributed by atoms with van der Waals surface area (Å²) in [6.45, 7) is 15.2. The zero-order valence-electron chi connectivity index (χ0n) is 27.6. The Hall–Kier alpha value is -4.45. The van der Waals surface area contributed by atoms with Crippen LogP contribution in [0.5, 0.6) is 5.75 Å². The SMILES string of the molecule is CCNC(=O)c1nc(-c2cc3cn(C)nc3c(C)c2OCOC)nc2ccc(N3C[C@@H](C)N(C(=O)OC(C)(C)C)[C@@H](C)C3)cc12. The largest absolute Gasteiger partial charge is 0.466 e. The van der Waals surface area contributed by atoms with Crippen LogP contribution < -0.4 is 15.0 Å². The van der Waals surface area contributed by atoms with Gasteiger partial charge in [0.05, 0.1) is 28.7 Å².